The lowest BCUT2D eigenvalue weighted by molar-refractivity contribution is -0.131. The molecule has 1 aromatic carbocycles. The Bertz CT molecular complexity index is 1450. The fourth-order valence-electron chi connectivity index (χ4n) is 4.91. The molecular weight excluding hydrogens is 496 g/mol. The zero-order valence-corrected chi connectivity index (χ0v) is 19.9. The molecule has 0 amide bonds. The quantitative estimate of drug-likeness (QED) is 0.372. The van der Waals surface area contributed by atoms with Crippen molar-refractivity contribution in [2.75, 3.05) is 45.4 Å². The Morgan fingerprint density at radius 2 is 2.11 bits per heavy atom. The molecule has 0 bridgehead atoms. The normalized spacial score (nSPS) is 20.4. The number of benzene rings is 1. The predicted octanol–water partition coefficient (Wildman–Crippen LogP) is 2.78. The molecule has 6 rings (SSSR count). The summed E-state index contributed by atoms with van der Waals surface area (Å²) in [5.41, 5.74) is 1.90. The average molecular weight is 520 g/mol. The number of halogens is 4. The van der Waals surface area contributed by atoms with Gasteiger partial charge in [0.05, 0.1) is 62.8 Å². The summed E-state index contributed by atoms with van der Waals surface area (Å²) >= 11 is 0. The number of methoxy groups -OCH3 is 1. The van der Waals surface area contributed by atoms with Crippen LogP contribution in [0.5, 0.6) is 5.88 Å². The van der Waals surface area contributed by atoms with Crippen molar-refractivity contribution in [1.29, 1.82) is 0 Å². The van der Waals surface area contributed by atoms with Gasteiger partial charge in [-0.15, -0.1) is 10.2 Å². The van der Waals surface area contributed by atoms with E-state index in [1.165, 1.54) is 16.3 Å². The van der Waals surface area contributed by atoms with Crippen molar-refractivity contribution in [2.24, 2.45) is 0 Å². The Labute approximate surface area is 208 Å². The fourth-order valence-corrected chi connectivity index (χ4v) is 4.91. The van der Waals surface area contributed by atoms with Gasteiger partial charge in [0, 0.05) is 6.54 Å². The largest absolute Gasteiger partial charge is 0.479 e. The number of anilines is 1. The number of aryl methyl sites for hydroxylation is 1. The summed E-state index contributed by atoms with van der Waals surface area (Å²) < 4.78 is 71.3. The molecule has 1 unspecified atom stereocenters. The first-order valence-corrected chi connectivity index (χ1v) is 11.9. The van der Waals surface area contributed by atoms with Crippen LogP contribution in [0.15, 0.2) is 24.4 Å². The second kappa shape index (κ2) is 9.10. The number of aromatic nitrogens is 6. The lowest BCUT2D eigenvalue weighted by atomic mass is 9.98. The smallest absolute Gasteiger partial charge is 0.280 e. The zero-order chi connectivity index (χ0) is 25.7. The summed E-state index contributed by atoms with van der Waals surface area (Å²) in [4.78, 5) is 6.02. The molecule has 2 saturated heterocycles. The molecule has 14 heteroatoms. The Balaban J connectivity index is 1.33. The van der Waals surface area contributed by atoms with Gasteiger partial charge in [-0.2, -0.15) is 4.98 Å². The maximum atomic E-state index is 15.3. The Morgan fingerprint density at radius 3 is 2.81 bits per heavy atom. The Morgan fingerprint density at radius 1 is 1.27 bits per heavy atom. The van der Waals surface area contributed by atoms with Crippen LogP contribution in [0.2, 0.25) is 0 Å². The van der Waals surface area contributed by atoms with Crippen LogP contribution in [-0.2, 0) is 11.3 Å². The van der Waals surface area contributed by atoms with E-state index in [0.29, 0.717) is 36.4 Å². The number of alkyl halides is 3. The van der Waals surface area contributed by atoms with E-state index in [1.807, 2.05) is 0 Å². The number of hydrogen-bond donors (Lipinski definition) is 1. The predicted molar refractivity (Wildman–Crippen MR) is 125 cm³/mol. The van der Waals surface area contributed by atoms with Crippen molar-refractivity contribution in [3.8, 4) is 17.0 Å². The fraction of sp³-hybridized carbons (Fsp3) is 0.478. The van der Waals surface area contributed by atoms with Crippen molar-refractivity contribution in [2.45, 2.75) is 31.0 Å². The van der Waals surface area contributed by atoms with Crippen LogP contribution in [0.1, 0.15) is 6.42 Å². The number of fused-ring (bicyclic) bond motifs is 2. The molecule has 1 N–H and O–H groups in total. The minimum Gasteiger partial charge on any atom is -0.479 e. The van der Waals surface area contributed by atoms with Crippen molar-refractivity contribution in [3.63, 3.8) is 0 Å². The van der Waals surface area contributed by atoms with E-state index >= 15 is 4.39 Å². The van der Waals surface area contributed by atoms with Gasteiger partial charge >= 0.3 is 0 Å². The van der Waals surface area contributed by atoms with Crippen molar-refractivity contribution in [1.82, 2.24) is 34.5 Å². The highest BCUT2D eigenvalue weighted by Gasteiger charge is 2.47. The summed E-state index contributed by atoms with van der Waals surface area (Å²) in [6.45, 7) is 0.410. The molecule has 2 aliphatic rings. The number of nitrogens with zero attached hydrogens (tertiary/aromatic N) is 7. The molecule has 196 valence electrons. The second-order valence-corrected chi connectivity index (χ2v) is 9.20. The molecule has 2 aliphatic heterocycles. The summed E-state index contributed by atoms with van der Waals surface area (Å²) in [6, 6.07) is 3.78. The van der Waals surface area contributed by atoms with Gasteiger partial charge in [-0.1, -0.05) is 11.3 Å². The highest BCUT2D eigenvalue weighted by atomic mass is 19.3. The van der Waals surface area contributed by atoms with Gasteiger partial charge in [0.2, 0.25) is 11.8 Å². The van der Waals surface area contributed by atoms with E-state index in [-0.39, 0.29) is 41.9 Å². The van der Waals surface area contributed by atoms with Gasteiger partial charge in [-0.3, -0.25) is 4.90 Å². The van der Waals surface area contributed by atoms with Gasteiger partial charge in [0.25, 0.3) is 5.92 Å². The monoisotopic (exact) mass is 520 g/mol. The van der Waals surface area contributed by atoms with Crippen LogP contribution < -0.4 is 10.1 Å². The molecule has 0 spiro atoms. The van der Waals surface area contributed by atoms with Crippen molar-refractivity contribution < 1.29 is 27.0 Å². The number of hydrogen-bond acceptors (Lipinski definition) is 8. The molecule has 3 aromatic heterocycles. The van der Waals surface area contributed by atoms with Gasteiger partial charge in [0.15, 0.2) is 5.82 Å². The SMILES string of the molecule is COc1nc(NC2CCN(C3COC3)CC2(F)F)nn2cc(F)c(-c3ccc4nnn(CCF)c4c3)c12. The van der Waals surface area contributed by atoms with E-state index in [2.05, 4.69) is 25.7 Å². The third-order valence-electron chi connectivity index (χ3n) is 6.91. The maximum absolute atomic E-state index is 15.3. The van der Waals surface area contributed by atoms with Crippen LogP contribution >= 0.6 is 0 Å². The van der Waals surface area contributed by atoms with E-state index in [0.717, 1.165) is 6.20 Å². The molecule has 1 atom stereocenters. The number of rotatable bonds is 7. The summed E-state index contributed by atoms with van der Waals surface area (Å²) in [5, 5.41) is 14.9. The lowest BCUT2D eigenvalue weighted by Crippen LogP contribution is -2.61. The first kappa shape index (κ1) is 23.9. The number of ether oxygens (including phenoxy) is 2. The van der Waals surface area contributed by atoms with Crippen LogP contribution in [0.4, 0.5) is 23.5 Å². The van der Waals surface area contributed by atoms with E-state index in [1.54, 1.807) is 23.1 Å². The van der Waals surface area contributed by atoms with Gasteiger partial charge in [-0.25, -0.2) is 26.8 Å². The molecule has 10 nitrogen and oxygen atoms in total. The Hall–Kier alpha value is -3.52. The van der Waals surface area contributed by atoms with Crippen molar-refractivity contribution in [3.05, 3.63) is 30.2 Å². The first-order chi connectivity index (χ1) is 17.9. The molecule has 4 aromatic rings. The third-order valence-corrected chi connectivity index (χ3v) is 6.91. The highest BCUT2D eigenvalue weighted by Crippen LogP contribution is 2.36. The average Bonchev–Trinajstić information content (AvgIpc) is 3.38. The van der Waals surface area contributed by atoms with Crippen LogP contribution in [0.3, 0.4) is 0 Å². The van der Waals surface area contributed by atoms with Gasteiger partial charge < -0.3 is 14.8 Å². The number of nitrogens with one attached hydrogen (secondary N) is 1. The summed E-state index contributed by atoms with van der Waals surface area (Å²) in [6.07, 6.45) is 1.32. The molecule has 37 heavy (non-hydrogen) atoms. The zero-order valence-electron chi connectivity index (χ0n) is 19.9. The summed E-state index contributed by atoms with van der Waals surface area (Å²) in [5.74, 6) is -3.73. The minimum atomic E-state index is -3.03. The van der Waals surface area contributed by atoms with E-state index in [4.69, 9.17) is 9.47 Å². The first-order valence-electron chi connectivity index (χ1n) is 11.9. The van der Waals surface area contributed by atoms with Crippen LogP contribution in [0.25, 0.3) is 27.7 Å². The highest BCUT2D eigenvalue weighted by molar-refractivity contribution is 5.89. The molecule has 2 fully saturated rings. The van der Waals surface area contributed by atoms with Gasteiger partial charge in [-0.05, 0) is 24.1 Å². The molecule has 0 saturated carbocycles. The third kappa shape index (κ3) is 4.13. The molecule has 0 radical (unpaired) electrons. The van der Waals surface area contributed by atoms with Crippen molar-refractivity contribution >= 4 is 22.5 Å². The topological polar surface area (TPSA) is 94.6 Å². The Kier molecular flexibility index (Phi) is 5.87. The molecule has 5 heterocycles. The minimum absolute atomic E-state index is 0.0123. The maximum Gasteiger partial charge on any atom is 0.280 e. The second-order valence-electron chi connectivity index (χ2n) is 9.20. The van der Waals surface area contributed by atoms with Gasteiger partial charge in [0.1, 0.15) is 17.7 Å². The molecule has 0 aliphatic carbocycles. The van der Waals surface area contributed by atoms with Crippen LogP contribution in [0, 0.1) is 5.82 Å². The van der Waals surface area contributed by atoms with E-state index < -0.39 is 31.0 Å². The van der Waals surface area contributed by atoms with Crippen LogP contribution in [-0.4, -0.2) is 92.6 Å². The lowest BCUT2D eigenvalue weighted by Gasteiger charge is -2.44. The number of piperidine rings is 1. The summed E-state index contributed by atoms with van der Waals surface area (Å²) in [7, 11) is 1.36. The molecular formula is C23H24F4N8O2. The van der Waals surface area contributed by atoms with E-state index in [9.17, 15) is 13.2 Å². The number of likely N-dealkylation sites (tertiary alicyclic amines) is 1. The standard InChI is InChI=1S/C23H24F4N8O2/c1-36-21-20-19(13-2-3-16-17(8-13)34(7-5-24)32-30-16)15(25)9-35(20)31-22(29-21)28-18-4-6-33(12-23(18,26)27)14-10-37-11-14/h2-3,8-9,14,18H,4-7,10-12H2,1H3,(H,28,31).